The van der Waals surface area contributed by atoms with Gasteiger partial charge < -0.3 is 4.74 Å². The fourth-order valence-electron chi connectivity index (χ4n) is 2.10. The molecule has 120 valence electrons. The van der Waals surface area contributed by atoms with Gasteiger partial charge in [0.2, 0.25) is 5.13 Å². The van der Waals surface area contributed by atoms with Crippen LogP contribution in [0, 0.1) is 6.92 Å². The zero-order valence-electron chi connectivity index (χ0n) is 12.3. The lowest BCUT2D eigenvalue weighted by molar-refractivity contribution is -0.142. The molecule has 0 fully saturated rings. The van der Waals surface area contributed by atoms with Crippen molar-refractivity contribution in [3.05, 3.63) is 47.1 Å². The van der Waals surface area contributed by atoms with Crippen LogP contribution < -0.4 is 4.74 Å². The molecule has 2 aromatic heterocycles. The van der Waals surface area contributed by atoms with Crippen molar-refractivity contribution < 1.29 is 17.9 Å². The first-order chi connectivity index (χ1) is 10.9. The Kier molecular flexibility index (Phi) is 3.85. The molecular formula is C15H12F3N3OS. The first-order valence-electron chi connectivity index (χ1n) is 6.62. The van der Waals surface area contributed by atoms with Gasteiger partial charge in [-0.2, -0.15) is 18.3 Å². The predicted octanol–water partition coefficient (Wildman–Crippen LogP) is 4.33. The van der Waals surface area contributed by atoms with E-state index in [2.05, 4.69) is 10.1 Å². The maximum absolute atomic E-state index is 13.1. The summed E-state index contributed by atoms with van der Waals surface area (Å²) in [5.74, 6) is 0.700. The number of hydrogen-bond acceptors (Lipinski definition) is 4. The zero-order valence-corrected chi connectivity index (χ0v) is 13.1. The van der Waals surface area contributed by atoms with Gasteiger partial charge in [0.05, 0.1) is 18.5 Å². The molecule has 0 unspecified atom stereocenters. The highest BCUT2D eigenvalue weighted by Gasteiger charge is 2.36. The molecule has 4 nitrogen and oxygen atoms in total. The molecule has 0 aliphatic rings. The maximum atomic E-state index is 13.1. The molecule has 23 heavy (non-hydrogen) atoms. The van der Waals surface area contributed by atoms with E-state index in [1.807, 2.05) is 0 Å². The van der Waals surface area contributed by atoms with Gasteiger partial charge in [-0.25, -0.2) is 9.67 Å². The van der Waals surface area contributed by atoms with Gasteiger partial charge in [-0.3, -0.25) is 0 Å². The Labute approximate surface area is 134 Å². The third kappa shape index (κ3) is 3.07. The molecule has 0 aliphatic carbocycles. The highest BCUT2D eigenvalue weighted by molar-refractivity contribution is 7.12. The quantitative estimate of drug-likeness (QED) is 0.713. The molecule has 3 aromatic rings. The summed E-state index contributed by atoms with van der Waals surface area (Å²) in [7, 11) is 1.56. The topological polar surface area (TPSA) is 39.9 Å². The minimum atomic E-state index is -4.48. The summed E-state index contributed by atoms with van der Waals surface area (Å²) in [5, 5.41) is 5.79. The number of rotatable bonds is 3. The number of nitrogens with zero attached hydrogens (tertiary/aromatic N) is 3. The molecule has 0 bridgehead atoms. The Morgan fingerprint density at radius 1 is 1.17 bits per heavy atom. The van der Waals surface area contributed by atoms with Crippen LogP contribution in [-0.4, -0.2) is 21.9 Å². The molecule has 0 amide bonds. The molecule has 8 heteroatoms. The van der Waals surface area contributed by atoms with Crippen molar-refractivity contribution in [3.63, 3.8) is 0 Å². The number of halogens is 3. The average Bonchev–Trinajstić information content (AvgIpc) is 3.13. The van der Waals surface area contributed by atoms with Gasteiger partial charge in [0, 0.05) is 10.9 Å². The summed E-state index contributed by atoms with van der Waals surface area (Å²) in [6.07, 6.45) is -4.48. The fourth-order valence-corrected chi connectivity index (χ4v) is 2.90. The van der Waals surface area contributed by atoms with Crippen molar-refractivity contribution in [2.45, 2.75) is 13.1 Å². The van der Waals surface area contributed by atoms with Crippen LogP contribution in [-0.2, 0) is 6.18 Å². The number of thiazole rings is 1. The van der Waals surface area contributed by atoms with Crippen molar-refractivity contribution in [1.82, 2.24) is 14.8 Å². The number of methoxy groups -OCH3 is 1. The maximum Gasteiger partial charge on any atom is 0.433 e. The van der Waals surface area contributed by atoms with Crippen LogP contribution in [0.15, 0.2) is 35.7 Å². The van der Waals surface area contributed by atoms with Crippen LogP contribution in [0.3, 0.4) is 0 Å². The van der Waals surface area contributed by atoms with Crippen molar-refractivity contribution in [3.8, 4) is 22.1 Å². The third-order valence-corrected chi connectivity index (χ3v) is 4.00. The van der Waals surface area contributed by atoms with E-state index in [0.717, 1.165) is 27.6 Å². The number of aryl methyl sites for hydroxylation is 1. The van der Waals surface area contributed by atoms with Crippen LogP contribution in [0.1, 0.15) is 11.4 Å². The Bertz CT molecular complexity index is 821. The molecular weight excluding hydrogens is 327 g/mol. The van der Waals surface area contributed by atoms with Crippen molar-refractivity contribution >= 4 is 11.3 Å². The second kappa shape index (κ2) is 5.69. The second-order valence-corrected chi connectivity index (χ2v) is 5.66. The summed E-state index contributed by atoms with van der Waals surface area (Å²) in [6.45, 7) is 1.52. The van der Waals surface area contributed by atoms with Crippen LogP contribution in [0.25, 0.3) is 16.4 Å². The highest BCUT2D eigenvalue weighted by Crippen LogP contribution is 2.33. The van der Waals surface area contributed by atoms with Crippen LogP contribution >= 0.6 is 11.3 Å². The van der Waals surface area contributed by atoms with Gasteiger partial charge in [-0.15, -0.1) is 11.3 Å². The smallest absolute Gasteiger partial charge is 0.433 e. The van der Waals surface area contributed by atoms with Gasteiger partial charge in [0.25, 0.3) is 0 Å². The largest absolute Gasteiger partial charge is 0.497 e. The van der Waals surface area contributed by atoms with E-state index in [0.29, 0.717) is 17.1 Å². The van der Waals surface area contributed by atoms with Crippen LogP contribution in [0.5, 0.6) is 5.75 Å². The van der Waals surface area contributed by atoms with E-state index in [9.17, 15) is 13.2 Å². The van der Waals surface area contributed by atoms with Gasteiger partial charge >= 0.3 is 6.18 Å². The monoisotopic (exact) mass is 339 g/mol. The van der Waals surface area contributed by atoms with Gasteiger partial charge in [-0.05, 0) is 37.3 Å². The Morgan fingerprint density at radius 3 is 2.48 bits per heavy atom. The average molecular weight is 339 g/mol. The molecule has 0 saturated heterocycles. The molecule has 0 N–H and O–H groups in total. The molecule has 3 rings (SSSR count). The van der Waals surface area contributed by atoms with Crippen molar-refractivity contribution in [2.24, 2.45) is 0 Å². The Morgan fingerprint density at radius 2 is 1.87 bits per heavy atom. The lowest BCUT2D eigenvalue weighted by atomic mass is 10.2. The van der Waals surface area contributed by atoms with E-state index >= 15 is 0 Å². The van der Waals surface area contributed by atoms with E-state index < -0.39 is 11.9 Å². The minimum Gasteiger partial charge on any atom is -0.497 e. The predicted molar refractivity (Wildman–Crippen MR) is 81.0 cm³/mol. The molecule has 0 saturated carbocycles. The summed E-state index contributed by atoms with van der Waals surface area (Å²) in [4.78, 5) is 4.27. The van der Waals surface area contributed by atoms with E-state index in [1.165, 1.54) is 6.92 Å². The third-order valence-electron chi connectivity index (χ3n) is 3.18. The standard InChI is InChI=1S/C15H12F3N3OS/c1-9-7-13(15(16,17)18)21(20-9)14-19-12(8-23-14)10-3-5-11(22-2)6-4-10/h3-8H,1-2H3. The summed E-state index contributed by atoms with van der Waals surface area (Å²) in [5.41, 5.74) is 0.851. The van der Waals surface area contributed by atoms with Gasteiger partial charge in [0.15, 0.2) is 5.69 Å². The number of benzene rings is 1. The van der Waals surface area contributed by atoms with E-state index in [4.69, 9.17) is 4.74 Å². The number of hydrogen-bond donors (Lipinski definition) is 0. The molecule has 0 aliphatic heterocycles. The molecule has 2 heterocycles. The Hall–Kier alpha value is -2.35. The molecule has 0 spiro atoms. The fraction of sp³-hybridized carbons (Fsp3) is 0.200. The van der Waals surface area contributed by atoms with Gasteiger partial charge in [0.1, 0.15) is 5.75 Å². The molecule has 0 atom stereocenters. The highest BCUT2D eigenvalue weighted by atomic mass is 32.1. The van der Waals surface area contributed by atoms with Crippen molar-refractivity contribution in [2.75, 3.05) is 7.11 Å². The van der Waals surface area contributed by atoms with Crippen LogP contribution in [0.2, 0.25) is 0 Å². The number of alkyl halides is 3. The zero-order chi connectivity index (χ0) is 16.6. The van der Waals surface area contributed by atoms with Crippen molar-refractivity contribution in [1.29, 1.82) is 0 Å². The lowest BCUT2D eigenvalue weighted by Gasteiger charge is -2.07. The summed E-state index contributed by atoms with van der Waals surface area (Å²) < 4.78 is 45.1. The first-order valence-corrected chi connectivity index (χ1v) is 7.50. The second-order valence-electron chi connectivity index (χ2n) is 4.82. The van der Waals surface area contributed by atoms with E-state index in [-0.39, 0.29) is 5.13 Å². The van der Waals surface area contributed by atoms with Gasteiger partial charge in [-0.1, -0.05) is 0 Å². The number of aromatic nitrogens is 3. The summed E-state index contributed by atoms with van der Waals surface area (Å²) >= 11 is 1.11. The Balaban J connectivity index is 1.99. The molecule has 1 aromatic carbocycles. The van der Waals surface area contributed by atoms with Crippen LogP contribution in [0.4, 0.5) is 13.2 Å². The minimum absolute atomic E-state index is 0.177. The summed E-state index contributed by atoms with van der Waals surface area (Å²) in [6, 6.07) is 8.16. The lowest BCUT2D eigenvalue weighted by Crippen LogP contribution is -2.13. The normalized spacial score (nSPS) is 11.7. The first kappa shape index (κ1) is 15.5. The molecule has 0 radical (unpaired) electrons. The SMILES string of the molecule is COc1ccc(-c2csc(-n3nc(C)cc3C(F)(F)F)n2)cc1. The number of ether oxygens (including phenoxy) is 1. The van der Waals surface area contributed by atoms with E-state index in [1.54, 1.807) is 36.8 Å².